The van der Waals surface area contributed by atoms with Gasteiger partial charge < -0.3 is 14.7 Å². The number of carbonyl (C=O) groups is 2. The number of likely N-dealkylation sites (N-methyl/N-ethyl adjacent to an activating group) is 1. The summed E-state index contributed by atoms with van der Waals surface area (Å²) in [5.41, 5.74) is 2.43. The van der Waals surface area contributed by atoms with Crippen molar-refractivity contribution in [2.75, 3.05) is 47.3 Å². The Balaban J connectivity index is 1.50. The Hall–Kier alpha value is -2.08. The topological polar surface area (TPSA) is 47.1 Å². The van der Waals surface area contributed by atoms with E-state index in [0.29, 0.717) is 24.4 Å². The van der Waals surface area contributed by atoms with Crippen LogP contribution in [-0.2, 0) is 4.79 Å². The molecule has 2 heterocycles. The fourth-order valence-corrected chi connectivity index (χ4v) is 5.81. The van der Waals surface area contributed by atoms with Gasteiger partial charge in [-0.3, -0.25) is 9.69 Å². The minimum Gasteiger partial charge on any atom is -0.341 e. The normalized spacial score (nSPS) is 26.5. The van der Waals surface area contributed by atoms with E-state index < -0.39 is 0 Å². The SMILES string of the molecule is Cc1ccccc1[C@H]1[C@@H]2CN(C(=O)CN(C)C3CCCC3)C[C@@H]2CN1C(=O)N(C)C. The smallest absolute Gasteiger partial charge is 0.320 e. The second-order valence-corrected chi connectivity index (χ2v) is 9.71. The van der Waals surface area contributed by atoms with Crippen LogP contribution in [0.4, 0.5) is 4.79 Å². The van der Waals surface area contributed by atoms with Crippen molar-refractivity contribution in [1.82, 2.24) is 19.6 Å². The molecule has 164 valence electrons. The van der Waals surface area contributed by atoms with Crippen LogP contribution in [-0.4, -0.2) is 84.9 Å². The Bertz CT molecular complexity index is 789. The van der Waals surface area contributed by atoms with Gasteiger partial charge in [0, 0.05) is 51.6 Å². The zero-order valence-corrected chi connectivity index (χ0v) is 18.9. The number of hydrogen-bond donors (Lipinski definition) is 0. The second-order valence-electron chi connectivity index (χ2n) is 9.71. The van der Waals surface area contributed by atoms with Crippen LogP contribution < -0.4 is 0 Å². The van der Waals surface area contributed by atoms with Gasteiger partial charge in [-0.15, -0.1) is 0 Å². The van der Waals surface area contributed by atoms with Gasteiger partial charge in [-0.05, 0) is 37.9 Å². The maximum atomic E-state index is 13.1. The second kappa shape index (κ2) is 8.58. The first-order chi connectivity index (χ1) is 14.4. The van der Waals surface area contributed by atoms with Gasteiger partial charge >= 0.3 is 6.03 Å². The Morgan fingerprint density at radius 3 is 2.40 bits per heavy atom. The summed E-state index contributed by atoms with van der Waals surface area (Å²) in [5, 5.41) is 0. The van der Waals surface area contributed by atoms with Gasteiger partial charge in [-0.1, -0.05) is 37.1 Å². The van der Waals surface area contributed by atoms with Crippen molar-refractivity contribution in [3.05, 3.63) is 35.4 Å². The van der Waals surface area contributed by atoms with Gasteiger partial charge in [-0.2, -0.15) is 0 Å². The van der Waals surface area contributed by atoms with Gasteiger partial charge in [0.2, 0.25) is 5.91 Å². The number of rotatable bonds is 4. The van der Waals surface area contributed by atoms with Crippen molar-refractivity contribution in [1.29, 1.82) is 0 Å². The Morgan fingerprint density at radius 2 is 1.73 bits per heavy atom. The summed E-state index contributed by atoms with van der Waals surface area (Å²) < 4.78 is 0. The van der Waals surface area contributed by atoms with Crippen molar-refractivity contribution in [2.45, 2.75) is 44.7 Å². The van der Waals surface area contributed by atoms with Crippen LogP contribution in [0.2, 0.25) is 0 Å². The van der Waals surface area contributed by atoms with Gasteiger partial charge in [-0.25, -0.2) is 4.79 Å². The number of aryl methyl sites for hydroxylation is 1. The standard InChI is InChI=1S/C24H36N4O2/c1-17-9-5-8-12-20(17)23-21-15-27(13-18(21)14-28(23)24(30)25(2)3)22(29)16-26(4)19-10-6-7-11-19/h5,8-9,12,18-19,21,23H,6-7,10-11,13-16H2,1-4H3/t18-,21-,23+/m1/s1. The molecule has 0 unspecified atom stereocenters. The summed E-state index contributed by atoms with van der Waals surface area (Å²) in [6.45, 7) is 4.87. The third-order valence-electron chi connectivity index (χ3n) is 7.48. The summed E-state index contributed by atoms with van der Waals surface area (Å²) in [5.74, 6) is 0.891. The molecule has 0 N–H and O–H groups in total. The van der Waals surface area contributed by atoms with Gasteiger partial charge in [0.15, 0.2) is 0 Å². The highest BCUT2D eigenvalue weighted by atomic mass is 16.2. The van der Waals surface area contributed by atoms with E-state index in [9.17, 15) is 9.59 Å². The molecule has 6 heteroatoms. The van der Waals surface area contributed by atoms with E-state index in [1.807, 2.05) is 25.1 Å². The fraction of sp³-hybridized carbons (Fsp3) is 0.667. The van der Waals surface area contributed by atoms with E-state index in [2.05, 4.69) is 42.0 Å². The third-order valence-corrected chi connectivity index (χ3v) is 7.48. The van der Waals surface area contributed by atoms with Gasteiger partial charge in [0.1, 0.15) is 0 Å². The first kappa shape index (κ1) is 21.2. The van der Waals surface area contributed by atoms with E-state index >= 15 is 0 Å². The summed E-state index contributed by atoms with van der Waals surface area (Å²) in [6.07, 6.45) is 4.99. The molecule has 1 saturated carbocycles. The lowest BCUT2D eigenvalue weighted by molar-refractivity contribution is -0.132. The highest BCUT2D eigenvalue weighted by Gasteiger charge is 2.50. The minimum atomic E-state index is 0.0384. The lowest BCUT2D eigenvalue weighted by Gasteiger charge is -2.33. The molecule has 0 radical (unpaired) electrons. The number of amides is 3. The molecule has 2 aliphatic heterocycles. The maximum absolute atomic E-state index is 13.1. The first-order valence-corrected chi connectivity index (χ1v) is 11.4. The fourth-order valence-electron chi connectivity index (χ4n) is 5.81. The van der Waals surface area contributed by atoms with Crippen LogP contribution in [0.3, 0.4) is 0 Å². The molecule has 0 aromatic heterocycles. The van der Waals surface area contributed by atoms with Crippen LogP contribution in [0.15, 0.2) is 24.3 Å². The van der Waals surface area contributed by atoms with Crippen LogP contribution in [0.1, 0.15) is 42.9 Å². The quantitative estimate of drug-likeness (QED) is 0.764. The van der Waals surface area contributed by atoms with Gasteiger partial charge in [0.25, 0.3) is 0 Å². The number of carbonyl (C=O) groups excluding carboxylic acids is 2. The monoisotopic (exact) mass is 412 g/mol. The highest BCUT2D eigenvalue weighted by Crippen LogP contribution is 2.46. The first-order valence-electron chi connectivity index (χ1n) is 11.4. The van der Waals surface area contributed by atoms with E-state index in [1.165, 1.54) is 36.8 Å². The molecule has 3 atom stereocenters. The summed E-state index contributed by atoms with van der Waals surface area (Å²) in [4.78, 5) is 34.0. The molecule has 0 bridgehead atoms. The lowest BCUT2D eigenvalue weighted by atomic mass is 9.88. The molecule has 6 nitrogen and oxygen atoms in total. The average Bonchev–Trinajstić information content (AvgIpc) is 3.44. The van der Waals surface area contributed by atoms with Crippen LogP contribution in [0, 0.1) is 18.8 Å². The van der Waals surface area contributed by atoms with E-state index in [4.69, 9.17) is 0 Å². The van der Waals surface area contributed by atoms with Crippen LogP contribution >= 0.6 is 0 Å². The minimum absolute atomic E-state index is 0.0384. The van der Waals surface area contributed by atoms with E-state index in [-0.39, 0.29) is 18.0 Å². The number of hydrogen-bond acceptors (Lipinski definition) is 3. The largest absolute Gasteiger partial charge is 0.341 e. The van der Waals surface area contributed by atoms with Crippen molar-refractivity contribution in [2.24, 2.45) is 11.8 Å². The molecule has 30 heavy (non-hydrogen) atoms. The Morgan fingerprint density at radius 1 is 1.03 bits per heavy atom. The molecule has 4 rings (SSSR count). The zero-order valence-electron chi connectivity index (χ0n) is 18.9. The van der Waals surface area contributed by atoms with Crippen molar-refractivity contribution in [3.63, 3.8) is 0 Å². The molecular formula is C24H36N4O2. The predicted octanol–water partition coefficient (Wildman–Crippen LogP) is 2.98. The molecular weight excluding hydrogens is 376 g/mol. The van der Waals surface area contributed by atoms with Gasteiger partial charge in [0.05, 0.1) is 12.6 Å². The number of likely N-dealkylation sites (tertiary alicyclic amines) is 2. The highest BCUT2D eigenvalue weighted by molar-refractivity contribution is 5.79. The number of nitrogens with zero attached hydrogens (tertiary/aromatic N) is 4. The van der Waals surface area contributed by atoms with Crippen molar-refractivity contribution in [3.8, 4) is 0 Å². The predicted molar refractivity (Wildman–Crippen MR) is 118 cm³/mol. The lowest BCUT2D eigenvalue weighted by Crippen LogP contribution is -2.44. The summed E-state index contributed by atoms with van der Waals surface area (Å²) >= 11 is 0. The molecule has 3 amide bonds. The Kier molecular flexibility index (Phi) is 6.05. The molecule has 3 fully saturated rings. The number of fused-ring (bicyclic) bond motifs is 1. The summed E-state index contributed by atoms with van der Waals surface area (Å²) in [6, 6.07) is 9.04. The average molecular weight is 413 g/mol. The van der Waals surface area contributed by atoms with E-state index in [0.717, 1.165) is 19.6 Å². The van der Waals surface area contributed by atoms with E-state index in [1.54, 1.807) is 4.90 Å². The van der Waals surface area contributed by atoms with Crippen LogP contribution in [0.5, 0.6) is 0 Å². The zero-order chi connectivity index (χ0) is 21.4. The maximum Gasteiger partial charge on any atom is 0.320 e. The van der Waals surface area contributed by atoms with Crippen molar-refractivity contribution >= 4 is 11.9 Å². The molecule has 3 aliphatic rings. The van der Waals surface area contributed by atoms with Crippen LogP contribution in [0.25, 0.3) is 0 Å². The number of urea groups is 1. The Labute approximate surface area is 180 Å². The molecule has 2 saturated heterocycles. The molecule has 1 aromatic rings. The molecule has 1 aliphatic carbocycles. The molecule has 0 spiro atoms. The number of benzene rings is 1. The van der Waals surface area contributed by atoms with Crippen molar-refractivity contribution < 1.29 is 9.59 Å². The third kappa shape index (κ3) is 3.94. The molecule has 1 aromatic carbocycles. The summed E-state index contributed by atoms with van der Waals surface area (Å²) in [7, 11) is 5.73.